The van der Waals surface area contributed by atoms with Gasteiger partial charge in [0.2, 0.25) is 0 Å². The number of aromatic nitrogens is 1. The molecule has 0 aliphatic heterocycles. The molecule has 0 aliphatic rings. The quantitative estimate of drug-likeness (QED) is 0.372. The second kappa shape index (κ2) is 9.38. The van der Waals surface area contributed by atoms with Crippen LogP contribution >= 0.6 is 11.6 Å². The lowest BCUT2D eigenvalue weighted by Gasteiger charge is -2.15. The van der Waals surface area contributed by atoms with Crippen molar-refractivity contribution in [3.63, 3.8) is 0 Å². The Bertz CT molecular complexity index is 1350. The molecule has 33 heavy (non-hydrogen) atoms. The molecule has 4 aromatic rings. The van der Waals surface area contributed by atoms with E-state index in [-0.39, 0.29) is 5.91 Å². The molecule has 1 N–H and O–H groups in total. The fraction of sp³-hybridized carbons (Fsp3) is 0.154. The Labute approximate surface area is 197 Å². The number of hydrogen-bond donors (Lipinski definition) is 1. The second-order valence-corrected chi connectivity index (χ2v) is 7.75. The normalized spacial score (nSPS) is 10.7. The summed E-state index contributed by atoms with van der Waals surface area (Å²) < 4.78 is 16.1. The van der Waals surface area contributed by atoms with Gasteiger partial charge in [-0.1, -0.05) is 29.8 Å². The Hall–Kier alpha value is -3.77. The molecule has 3 aromatic carbocycles. The summed E-state index contributed by atoms with van der Waals surface area (Å²) in [5, 5.41) is 4.24. The van der Waals surface area contributed by atoms with Crippen molar-refractivity contribution >= 4 is 34.1 Å². The number of benzene rings is 3. The van der Waals surface area contributed by atoms with Crippen molar-refractivity contribution in [1.29, 1.82) is 0 Å². The molecule has 1 heterocycles. The van der Waals surface area contributed by atoms with Gasteiger partial charge in [0.25, 0.3) is 5.91 Å². The Morgan fingerprint density at radius 1 is 0.879 bits per heavy atom. The number of anilines is 1. The van der Waals surface area contributed by atoms with Crippen LogP contribution in [0.1, 0.15) is 15.9 Å². The molecular formula is C26H23ClN2O4. The average molecular weight is 463 g/mol. The van der Waals surface area contributed by atoms with Gasteiger partial charge in [-0.25, -0.2) is 4.98 Å². The molecule has 168 valence electrons. The zero-order valence-electron chi connectivity index (χ0n) is 18.7. The number of halogens is 1. The minimum Gasteiger partial charge on any atom is -0.496 e. The summed E-state index contributed by atoms with van der Waals surface area (Å²) in [6, 6.07) is 18.1. The summed E-state index contributed by atoms with van der Waals surface area (Å²) in [4.78, 5) is 18.3. The number of hydrogen-bond acceptors (Lipinski definition) is 5. The van der Waals surface area contributed by atoms with E-state index < -0.39 is 0 Å². The van der Waals surface area contributed by atoms with Crippen LogP contribution in [0.3, 0.4) is 0 Å². The minimum absolute atomic E-state index is 0.285. The smallest absolute Gasteiger partial charge is 0.256 e. The molecule has 0 radical (unpaired) electrons. The highest BCUT2D eigenvalue weighted by Crippen LogP contribution is 2.35. The van der Waals surface area contributed by atoms with Crippen molar-refractivity contribution in [3.05, 3.63) is 76.8 Å². The molecule has 0 bridgehead atoms. The molecule has 7 heteroatoms. The van der Waals surface area contributed by atoms with E-state index >= 15 is 0 Å². The summed E-state index contributed by atoms with van der Waals surface area (Å²) in [7, 11) is 4.71. The summed E-state index contributed by atoms with van der Waals surface area (Å²) >= 11 is 6.38. The third-order valence-corrected chi connectivity index (χ3v) is 5.85. The van der Waals surface area contributed by atoms with E-state index in [0.29, 0.717) is 50.1 Å². The molecule has 1 amide bonds. The molecule has 4 rings (SSSR count). The van der Waals surface area contributed by atoms with Crippen LogP contribution in [-0.2, 0) is 0 Å². The highest BCUT2D eigenvalue weighted by Gasteiger charge is 2.18. The van der Waals surface area contributed by atoms with Gasteiger partial charge in [0.15, 0.2) is 11.5 Å². The number of ether oxygens (including phenoxy) is 3. The number of para-hydroxylation sites is 1. The third-order valence-electron chi connectivity index (χ3n) is 5.44. The number of nitrogens with zero attached hydrogens (tertiary/aromatic N) is 1. The first kappa shape index (κ1) is 22.4. The first-order valence-corrected chi connectivity index (χ1v) is 10.6. The number of nitrogens with one attached hydrogen (secondary N) is 1. The summed E-state index contributed by atoms with van der Waals surface area (Å²) in [5.41, 5.74) is 3.89. The number of carbonyl (C=O) groups excluding carboxylic acids is 1. The molecule has 0 fully saturated rings. The van der Waals surface area contributed by atoms with Gasteiger partial charge in [-0.05, 0) is 48.9 Å². The van der Waals surface area contributed by atoms with E-state index in [9.17, 15) is 4.79 Å². The topological polar surface area (TPSA) is 69.7 Å². The standard InChI is InChI=1S/C26H23ClN2O4/c1-15-20(27)11-10-17-19(26(30)28-16-9-12-23(32-3)24(13-16)33-4)14-21(29-25(15)17)18-7-5-6-8-22(18)31-2/h5-14H,1-4H3,(H,28,30). The van der Waals surface area contributed by atoms with E-state index in [1.807, 2.05) is 37.3 Å². The summed E-state index contributed by atoms with van der Waals surface area (Å²) in [5.74, 6) is 1.48. The number of amides is 1. The van der Waals surface area contributed by atoms with Crippen molar-refractivity contribution in [2.24, 2.45) is 0 Å². The average Bonchev–Trinajstić information content (AvgIpc) is 2.85. The van der Waals surface area contributed by atoms with Crippen molar-refractivity contribution in [1.82, 2.24) is 4.98 Å². The van der Waals surface area contributed by atoms with E-state index in [1.165, 1.54) is 0 Å². The maximum absolute atomic E-state index is 13.4. The molecular weight excluding hydrogens is 440 g/mol. The second-order valence-electron chi connectivity index (χ2n) is 7.35. The van der Waals surface area contributed by atoms with Gasteiger partial charge in [0, 0.05) is 27.7 Å². The number of rotatable bonds is 6. The van der Waals surface area contributed by atoms with Crippen molar-refractivity contribution < 1.29 is 19.0 Å². The van der Waals surface area contributed by atoms with Gasteiger partial charge in [-0.2, -0.15) is 0 Å². The molecule has 0 saturated carbocycles. The number of pyridine rings is 1. The molecule has 0 saturated heterocycles. The van der Waals surface area contributed by atoms with E-state index in [0.717, 1.165) is 11.1 Å². The highest BCUT2D eigenvalue weighted by atomic mass is 35.5. The van der Waals surface area contributed by atoms with Crippen LogP contribution in [0.15, 0.2) is 60.7 Å². The van der Waals surface area contributed by atoms with Gasteiger partial charge >= 0.3 is 0 Å². The van der Waals surface area contributed by atoms with Gasteiger partial charge < -0.3 is 19.5 Å². The van der Waals surface area contributed by atoms with Crippen LogP contribution in [0.4, 0.5) is 5.69 Å². The third kappa shape index (κ3) is 4.30. The van der Waals surface area contributed by atoms with Crippen LogP contribution in [-0.4, -0.2) is 32.2 Å². The fourth-order valence-electron chi connectivity index (χ4n) is 3.70. The van der Waals surface area contributed by atoms with Crippen LogP contribution in [0.5, 0.6) is 17.2 Å². The highest BCUT2D eigenvalue weighted by molar-refractivity contribution is 6.32. The monoisotopic (exact) mass is 462 g/mol. The van der Waals surface area contributed by atoms with Crippen molar-refractivity contribution in [2.45, 2.75) is 6.92 Å². The minimum atomic E-state index is -0.285. The fourth-order valence-corrected chi connectivity index (χ4v) is 3.85. The van der Waals surface area contributed by atoms with Gasteiger partial charge in [-0.3, -0.25) is 4.79 Å². The lowest BCUT2D eigenvalue weighted by molar-refractivity contribution is 0.102. The van der Waals surface area contributed by atoms with E-state index in [4.69, 9.17) is 30.8 Å². The van der Waals surface area contributed by atoms with Crippen molar-refractivity contribution in [2.75, 3.05) is 26.6 Å². The SMILES string of the molecule is COc1ccc(NC(=O)c2cc(-c3ccccc3OC)nc3c(C)c(Cl)ccc23)cc1OC. The Balaban J connectivity index is 1.86. The number of aryl methyl sites for hydroxylation is 1. The molecule has 6 nitrogen and oxygen atoms in total. The maximum atomic E-state index is 13.4. The van der Waals surface area contributed by atoms with Gasteiger partial charge in [0.05, 0.1) is 38.1 Å². The molecule has 0 aliphatic carbocycles. The van der Waals surface area contributed by atoms with Gasteiger partial charge in [0.1, 0.15) is 5.75 Å². The molecule has 0 spiro atoms. The first-order chi connectivity index (χ1) is 16.0. The summed E-state index contributed by atoms with van der Waals surface area (Å²) in [6.07, 6.45) is 0. The summed E-state index contributed by atoms with van der Waals surface area (Å²) in [6.45, 7) is 1.89. The molecule has 1 aromatic heterocycles. The van der Waals surface area contributed by atoms with E-state index in [1.54, 1.807) is 51.7 Å². The van der Waals surface area contributed by atoms with Crippen molar-refractivity contribution in [3.8, 4) is 28.5 Å². The first-order valence-electron chi connectivity index (χ1n) is 10.2. The number of methoxy groups -OCH3 is 3. The Morgan fingerprint density at radius 3 is 2.33 bits per heavy atom. The molecule has 0 unspecified atom stereocenters. The van der Waals surface area contributed by atoms with Crippen LogP contribution in [0.2, 0.25) is 5.02 Å². The lowest BCUT2D eigenvalue weighted by Crippen LogP contribution is -2.13. The number of carbonyl (C=O) groups is 1. The predicted octanol–water partition coefficient (Wildman–Crippen LogP) is 6.14. The zero-order chi connectivity index (χ0) is 23.5. The van der Waals surface area contributed by atoms with E-state index in [2.05, 4.69) is 5.32 Å². The zero-order valence-corrected chi connectivity index (χ0v) is 19.5. The number of fused-ring (bicyclic) bond motifs is 1. The predicted molar refractivity (Wildman–Crippen MR) is 131 cm³/mol. The largest absolute Gasteiger partial charge is 0.496 e. The van der Waals surface area contributed by atoms with Gasteiger partial charge in [-0.15, -0.1) is 0 Å². The van der Waals surface area contributed by atoms with Crippen LogP contribution in [0.25, 0.3) is 22.2 Å². The lowest BCUT2D eigenvalue weighted by atomic mass is 10.0. The van der Waals surface area contributed by atoms with Crippen LogP contribution < -0.4 is 19.5 Å². The maximum Gasteiger partial charge on any atom is 0.256 e. The van der Waals surface area contributed by atoms with Crippen LogP contribution in [0, 0.1) is 6.92 Å². The Morgan fingerprint density at radius 2 is 1.61 bits per heavy atom. The Kier molecular flexibility index (Phi) is 6.38. The molecule has 0 atom stereocenters.